The topological polar surface area (TPSA) is 93.5 Å². The lowest BCUT2D eigenvalue weighted by Gasteiger charge is -2.12. The Kier molecular flexibility index (Phi) is 7.85. The minimum atomic E-state index is -4.35. The van der Waals surface area contributed by atoms with Gasteiger partial charge in [-0.2, -0.15) is 13.2 Å². The first-order valence-corrected chi connectivity index (χ1v) is 9.31. The zero-order valence-corrected chi connectivity index (χ0v) is 16.1. The molecule has 29 heavy (non-hydrogen) atoms. The molecule has 0 fully saturated rings. The number of nitrogens with zero attached hydrogens (tertiary/aromatic N) is 1. The van der Waals surface area contributed by atoms with Crippen LogP contribution in [0.15, 0.2) is 47.4 Å². The summed E-state index contributed by atoms with van der Waals surface area (Å²) in [4.78, 5) is 23.4. The maximum absolute atomic E-state index is 12.5. The average Bonchev–Trinajstić information content (AvgIpc) is 2.67. The first kappa shape index (κ1) is 22.5. The number of benzene rings is 2. The van der Waals surface area contributed by atoms with Gasteiger partial charge in [0.1, 0.15) is 5.69 Å². The Morgan fingerprint density at radius 2 is 1.93 bits per heavy atom. The van der Waals surface area contributed by atoms with Crippen molar-refractivity contribution in [1.29, 1.82) is 0 Å². The molecule has 0 unspecified atom stereocenters. The molecule has 0 saturated heterocycles. The number of halogens is 3. The van der Waals surface area contributed by atoms with E-state index in [1.54, 1.807) is 12.1 Å². The van der Waals surface area contributed by atoms with Crippen LogP contribution >= 0.6 is 11.8 Å². The van der Waals surface area contributed by atoms with Crippen LogP contribution < -0.4 is 10.6 Å². The molecular formula is C18H18F3N3O4S. The van der Waals surface area contributed by atoms with Crippen molar-refractivity contribution in [3.05, 3.63) is 58.1 Å². The number of carbonyl (C=O) groups excluding carboxylic acids is 1. The number of amides is 1. The SMILES string of the molecule is COCCNc1ccc(C(=O)Nc2ccccc2SCC(F)(F)F)cc1[N+](=O)[O-]. The monoisotopic (exact) mass is 429 g/mol. The number of methoxy groups -OCH3 is 1. The lowest BCUT2D eigenvalue weighted by Crippen LogP contribution is -2.15. The molecule has 0 saturated carbocycles. The minimum absolute atomic E-state index is 0.00427. The molecule has 2 aromatic rings. The van der Waals surface area contributed by atoms with E-state index in [1.807, 2.05) is 0 Å². The second-order valence-electron chi connectivity index (χ2n) is 5.76. The summed E-state index contributed by atoms with van der Waals surface area (Å²) < 4.78 is 42.3. The summed E-state index contributed by atoms with van der Waals surface area (Å²) in [6, 6.07) is 9.94. The van der Waals surface area contributed by atoms with Gasteiger partial charge in [-0.3, -0.25) is 14.9 Å². The molecule has 0 aromatic heterocycles. The first-order chi connectivity index (χ1) is 13.7. The summed E-state index contributed by atoms with van der Waals surface area (Å²) >= 11 is 0.543. The van der Waals surface area contributed by atoms with Gasteiger partial charge in [0.05, 0.1) is 23.0 Å². The van der Waals surface area contributed by atoms with Crippen LogP contribution in [0.25, 0.3) is 0 Å². The molecular weight excluding hydrogens is 411 g/mol. The van der Waals surface area contributed by atoms with Crippen LogP contribution in [0.2, 0.25) is 0 Å². The van der Waals surface area contributed by atoms with Gasteiger partial charge in [-0.15, -0.1) is 11.8 Å². The summed E-state index contributed by atoms with van der Waals surface area (Å²) in [6.07, 6.45) is -4.35. The molecule has 156 valence electrons. The molecule has 0 heterocycles. The van der Waals surface area contributed by atoms with Crippen LogP contribution in [-0.2, 0) is 4.74 Å². The van der Waals surface area contributed by atoms with Crippen LogP contribution in [0.5, 0.6) is 0 Å². The summed E-state index contributed by atoms with van der Waals surface area (Å²) in [5.74, 6) is -1.77. The standard InChI is InChI=1S/C18H18F3N3O4S/c1-28-9-8-22-13-7-6-12(10-15(13)24(26)27)17(25)23-14-4-2-3-5-16(14)29-11-18(19,20)21/h2-7,10,22H,8-9,11H2,1H3,(H,23,25). The molecule has 2 N–H and O–H groups in total. The lowest BCUT2D eigenvalue weighted by molar-refractivity contribution is -0.384. The van der Waals surface area contributed by atoms with Crippen molar-refractivity contribution in [3.63, 3.8) is 0 Å². The zero-order valence-electron chi connectivity index (χ0n) is 15.3. The Hall–Kier alpha value is -2.79. The molecule has 0 spiro atoms. The summed E-state index contributed by atoms with van der Waals surface area (Å²) in [7, 11) is 1.49. The number of para-hydroxylation sites is 1. The fourth-order valence-electron chi connectivity index (χ4n) is 2.31. The third-order valence-electron chi connectivity index (χ3n) is 3.60. The second kappa shape index (κ2) is 10.1. The van der Waals surface area contributed by atoms with E-state index in [0.29, 0.717) is 24.9 Å². The van der Waals surface area contributed by atoms with Crippen LogP contribution in [0.1, 0.15) is 10.4 Å². The fraction of sp³-hybridized carbons (Fsp3) is 0.278. The third-order valence-corrected chi connectivity index (χ3v) is 4.74. The fourth-order valence-corrected chi connectivity index (χ4v) is 3.08. The molecule has 11 heteroatoms. The van der Waals surface area contributed by atoms with Crippen LogP contribution in [0.3, 0.4) is 0 Å². The Morgan fingerprint density at radius 3 is 2.59 bits per heavy atom. The predicted molar refractivity (Wildman–Crippen MR) is 105 cm³/mol. The summed E-state index contributed by atoms with van der Waals surface area (Å²) in [5, 5.41) is 16.7. The van der Waals surface area contributed by atoms with Crippen LogP contribution in [-0.4, -0.2) is 43.0 Å². The number of nitrogens with one attached hydrogen (secondary N) is 2. The Bertz CT molecular complexity index is 878. The average molecular weight is 429 g/mol. The highest BCUT2D eigenvalue weighted by Gasteiger charge is 2.28. The van der Waals surface area contributed by atoms with Crippen molar-refractivity contribution in [1.82, 2.24) is 0 Å². The quantitative estimate of drug-likeness (QED) is 0.263. The van der Waals surface area contributed by atoms with E-state index < -0.39 is 22.8 Å². The number of rotatable bonds is 9. The van der Waals surface area contributed by atoms with E-state index in [9.17, 15) is 28.1 Å². The van der Waals surface area contributed by atoms with Gasteiger partial charge < -0.3 is 15.4 Å². The number of thioether (sulfide) groups is 1. The third kappa shape index (κ3) is 6.95. The van der Waals surface area contributed by atoms with Gasteiger partial charge >= 0.3 is 6.18 Å². The Morgan fingerprint density at radius 1 is 1.21 bits per heavy atom. The summed E-state index contributed by atoms with van der Waals surface area (Å²) in [5.41, 5.74) is 0.125. The molecule has 1 amide bonds. The number of hydrogen-bond acceptors (Lipinski definition) is 6. The highest BCUT2D eigenvalue weighted by atomic mass is 32.2. The Balaban J connectivity index is 2.19. The Labute approximate surface area is 168 Å². The van der Waals surface area contributed by atoms with Crippen LogP contribution in [0, 0.1) is 10.1 Å². The normalized spacial score (nSPS) is 11.2. The molecule has 0 radical (unpaired) electrons. The largest absolute Gasteiger partial charge is 0.398 e. The number of alkyl halides is 3. The highest BCUT2D eigenvalue weighted by Crippen LogP contribution is 2.32. The van der Waals surface area contributed by atoms with E-state index >= 15 is 0 Å². The van der Waals surface area contributed by atoms with Gasteiger partial charge in [-0.1, -0.05) is 12.1 Å². The highest BCUT2D eigenvalue weighted by molar-refractivity contribution is 7.99. The van der Waals surface area contributed by atoms with Crippen molar-refractivity contribution >= 4 is 34.7 Å². The molecule has 2 rings (SSSR count). The molecule has 0 atom stereocenters. The van der Waals surface area contributed by atoms with E-state index in [-0.39, 0.29) is 27.5 Å². The van der Waals surface area contributed by atoms with Crippen molar-refractivity contribution in [3.8, 4) is 0 Å². The number of carbonyl (C=O) groups is 1. The summed E-state index contributed by atoms with van der Waals surface area (Å²) in [6.45, 7) is 0.679. The van der Waals surface area contributed by atoms with E-state index in [4.69, 9.17) is 4.74 Å². The molecule has 0 bridgehead atoms. The van der Waals surface area contributed by atoms with Crippen molar-refractivity contribution in [2.75, 3.05) is 36.6 Å². The number of ether oxygens (including phenoxy) is 1. The van der Waals surface area contributed by atoms with Crippen LogP contribution in [0.4, 0.5) is 30.2 Å². The van der Waals surface area contributed by atoms with Gasteiger partial charge in [0.15, 0.2) is 0 Å². The molecule has 0 aliphatic rings. The van der Waals surface area contributed by atoms with Gasteiger partial charge in [0, 0.05) is 30.2 Å². The smallest absolute Gasteiger partial charge is 0.383 e. The number of anilines is 2. The van der Waals surface area contributed by atoms with Crippen molar-refractivity contribution in [2.45, 2.75) is 11.1 Å². The van der Waals surface area contributed by atoms with E-state index in [2.05, 4.69) is 10.6 Å². The zero-order chi connectivity index (χ0) is 21.4. The molecule has 0 aliphatic carbocycles. The first-order valence-electron chi connectivity index (χ1n) is 8.32. The van der Waals surface area contributed by atoms with Gasteiger partial charge in [-0.05, 0) is 24.3 Å². The number of nitro groups is 1. The van der Waals surface area contributed by atoms with Gasteiger partial charge in [0.2, 0.25) is 0 Å². The molecule has 0 aliphatic heterocycles. The number of hydrogen-bond donors (Lipinski definition) is 2. The maximum Gasteiger partial charge on any atom is 0.398 e. The van der Waals surface area contributed by atoms with Gasteiger partial charge in [0.25, 0.3) is 11.6 Å². The van der Waals surface area contributed by atoms with E-state index in [1.165, 1.54) is 31.4 Å². The minimum Gasteiger partial charge on any atom is -0.383 e. The molecule has 2 aromatic carbocycles. The van der Waals surface area contributed by atoms with Gasteiger partial charge in [-0.25, -0.2) is 0 Å². The number of nitro benzene ring substituents is 1. The maximum atomic E-state index is 12.5. The molecule has 7 nitrogen and oxygen atoms in total. The second-order valence-corrected chi connectivity index (χ2v) is 6.78. The van der Waals surface area contributed by atoms with Crippen molar-refractivity contribution in [2.24, 2.45) is 0 Å². The lowest BCUT2D eigenvalue weighted by atomic mass is 10.1. The van der Waals surface area contributed by atoms with E-state index in [0.717, 1.165) is 6.07 Å². The van der Waals surface area contributed by atoms with Crippen molar-refractivity contribution < 1.29 is 27.6 Å². The predicted octanol–water partition coefficient (Wildman–Crippen LogP) is 4.56.